The van der Waals surface area contributed by atoms with Crippen molar-refractivity contribution < 1.29 is 19.1 Å². The van der Waals surface area contributed by atoms with E-state index in [9.17, 15) is 9.59 Å². The topological polar surface area (TPSA) is 105 Å². The first-order chi connectivity index (χ1) is 9.69. The van der Waals surface area contributed by atoms with Crippen molar-refractivity contribution in [2.75, 3.05) is 6.54 Å². The molecule has 124 valence electrons. The second-order valence-corrected chi connectivity index (χ2v) is 5.74. The third kappa shape index (κ3) is 5.63. The predicted molar refractivity (Wildman–Crippen MR) is 85.3 cm³/mol. The summed E-state index contributed by atoms with van der Waals surface area (Å²) in [4.78, 5) is 24.1. The highest BCUT2D eigenvalue weighted by Crippen LogP contribution is 2.14. The smallest absolute Gasteiger partial charge is 0.339 e. The minimum absolute atomic E-state index is 0. The molecule has 0 saturated heterocycles. The van der Waals surface area contributed by atoms with Gasteiger partial charge < -0.3 is 20.9 Å². The Labute approximate surface area is 136 Å². The number of ether oxygens (including phenoxy) is 2. The van der Waals surface area contributed by atoms with E-state index in [0.29, 0.717) is 0 Å². The van der Waals surface area contributed by atoms with Gasteiger partial charge in [0.25, 0.3) is 0 Å². The third-order valence-corrected chi connectivity index (χ3v) is 2.66. The summed E-state index contributed by atoms with van der Waals surface area (Å²) in [5, 5.41) is 0. The first kappa shape index (κ1) is 20.4. The van der Waals surface area contributed by atoms with Gasteiger partial charge in [0.2, 0.25) is 5.54 Å². The molecular weight excluding hydrogens is 308 g/mol. The molecule has 4 N–H and O–H groups in total. The minimum atomic E-state index is -2.00. The number of halogens is 1. The van der Waals surface area contributed by atoms with E-state index >= 15 is 0 Å². The Morgan fingerprint density at radius 3 is 2.09 bits per heavy atom. The fourth-order valence-corrected chi connectivity index (χ4v) is 1.47. The van der Waals surface area contributed by atoms with E-state index in [4.69, 9.17) is 20.9 Å². The van der Waals surface area contributed by atoms with Crippen molar-refractivity contribution in [1.29, 1.82) is 0 Å². The fraction of sp³-hybridized carbons (Fsp3) is 0.467. The molecule has 0 aromatic heterocycles. The van der Waals surface area contributed by atoms with Gasteiger partial charge in [0.15, 0.2) is 0 Å². The molecule has 7 heteroatoms. The lowest BCUT2D eigenvalue weighted by atomic mass is 10.0. The van der Waals surface area contributed by atoms with E-state index in [1.165, 1.54) is 0 Å². The Morgan fingerprint density at radius 1 is 1.09 bits per heavy atom. The van der Waals surface area contributed by atoms with Gasteiger partial charge in [-0.25, -0.2) is 9.59 Å². The average Bonchev–Trinajstić information content (AvgIpc) is 2.43. The number of hydrogen-bond donors (Lipinski definition) is 2. The largest absolute Gasteiger partial charge is 0.459 e. The molecule has 0 unspecified atom stereocenters. The van der Waals surface area contributed by atoms with Crippen LogP contribution in [0.2, 0.25) is 0 Å². The number of rotatable bonds is 5. The molecule has 1 rings (SSSR count). The maximum absolute atomic E-state index is 12.1. The summed E-state index contributed by atoms with van der Waals surface area (Å²) >= 11 is 0. The van der Waals surface area contributed by atoms with Crippen LogP contribution in [-0.2, 0) is 25.7 Å². The van der Waals surface area contributed by atoms with Gasteiger partial charge in [-0.05, 0) is 26.3 Å². The van der Waals surface area contributed by atoms with Crippen LogP contribution in [-0.4, -0.2) is 29.6 Å². The highest BCUT2D eigenvalue weighted by Gasteiger charge is 2.45. The Balaban J connectivity index is 0.00000441. The van der Waals surface area contributed by atoms with Gasteiger partial charge in [-0.2, -0.15) is 0 Å². The van der Waals surface area contributed by atoms with Gasteiger partial charge in [0.05, 0.1) is 0 Å². The van der Waals surface area contributed by atoms with Crippen molar-refractivity contribution in [2.24, 2.45) is 11.5 Å². The molecule has 1 aromatic rings. The number of benzene rings is 1. The number of esters is 2. The van der Waals surface area contributed by atoms with Crippen molar-refractivity contribution in [3.8, 4) is 0 Å². The number of carbonyl (C=O) groups excluding carboxylic acids is 2. The normalized spacial score (nSPS) is 13.5. The van der Waals surface area contributed by atoms with E-state index in [2.05, 4.69) is 0 Å². The summed E-state index contributed by atoms with van der Waals surface area (Å²) < 4.78 is 10.2. The van der Waals surface area contributed by atoms with E-state index in [0.717, 1.165) is 5.56 Å². The van der Waals surface area contributed by atoms with Crippen molar-refractivity contribution in [3.05, 3.63) is 35.9 Å². The van der Waals surface area contributed by atoms with Crippen LogP contribution < -0.4 is 11.5 Å². The SMILES string of the molecule is CC(C)(C)OC(=O)[C@](N)(CN)C(=O)OCc1ccccc1.Cl. The molecule has 0 fully saturated rings. The monoisotopic (exact) mass is 330 g/mol. The van der Waals surface area contributed by atoms with Crippen LogP contribution in [0.1, 0.15) is 26.3 Å². The van der Waals surface area contributed by atoms with Crippen LogP contribution in [0.25, 0.3) is 0 Å². The van der Waals surface area contributed by atoms with Crippen molar-refractivity contribution in [3.63, 3.8) is 0 Å². The molecule has 22 heavy (non-hydrogen) atoms. The first-order valence-electron chi connectivity index (χ1n) is 6.62. The first-order valence-corrected chi connectivity index (χ1v) is 6.62. The van der Waals surface area contributed by atoms with E-state index < -0.39 is 29.6 Å². The van der Waals surface area contributed by atoms with E-state index in [-0.39, 0.29) is 19.0 Å². The number of hydrogen-bond acceptors (Lipinski definition) is 6. The Hall–Kier alpha value is -1.63. The Kier molecular flexibility index (Phi) is 7.52. The summed E-state index contributed by atoms with van der Waals surface area (Å²) in [5.41, 5.74) is 9.27. The molecule has 6 nitrogen and oxygen atoms in total. The van der Waals surface area contributed by atoms with Crippen molar-refractivity contribution in [1.82, 2.24) is 0 Å². The zero-order valence-corrected chi connectivity index (χ0v) is 13.8. The average molecular weight is 331 g/mol. The van der Waals surface area contributed by atoms with E-state index in [1.807, 2.05) is 18.2 Å². The zero-order valence-electron chi connectivity index (χ0n) is 13.0. The number of nitrogens with two attached hydrogens (primary N) is 2. The van der Waals surface area contributed by atoms with Gasteiger partial charge in [-0.1, -0.05) is 30.3 Å². The van der Waals surface area contributed by atoms with Crippen LogP contribution >= 0.6 is 12.4 Å². The van der Waals surface area contributed by atoms with Crippen molar-refractivity contribution in [2.45, 2.75) is 38.5 Å². The van der Waals surface area contributed by atoms with Gasteiger partial charge in [0.1, 0.15) is 12.2 Å². The van der Waals surface area contributed by atoms with Gasteiger partial charge in [-0.3, -0.25) is 0 Å². The molecule has 0 aliphatic heterocycles. The molecule has 1 aromatic carbocycles. The van der Waals surface area contributed by atoms with Crippen LogP contribution in [0.3, 0.4) is 0 Å². The molecule has 0 heterocycles. The lowest BCUT2D eigenvalue weighted by Crippen LogP contribution is -2.62. The zero-order chi connectivity index (χ0) is 16.1. The summed E-state index contributed by atoms with van der Waals surface area (Å²) in [5.74, 6) is -1.79. The van der Waals surface area contributed by atoms with Crippen molar-refractivity contribution >= 4 is 24.3 Å². The summed E-state index contributed by atoms with van der Waals surface area (Å²) in [6.07, 6.45) is 0. The molecular formula is C15H23ClN2O4. The summed E-state index contributed by atoms with van der Waals surface area (Å²) in [6.45, 7) is 4.66. The summed E-state index contributed by atoms with van der Waals surface area (Å²) in [6, 6.07) is 9.06. The number of carbonyl (C=O) groups is 2. The second-order valence-electron chi connectivity index (χ2n) is 5.74. The second kappa shape index (κ2) is 8.12. The van der Waals surface area contributed by atoms with Crippen LogP contribution in [0.15, 0.2) is 30.3 Å². The maximum atomic E-state index is 12.1. The molecule has 0 bridgehead atoms. The van der Waals surface area contributed by atoms with Gasteiger partial charge in [0, 0.05) is 6.54 Å². The van der Waals surface area contributed by atoms with Gasteiger partial charge in [-0.15, -0.1) is 12.4 Å². The lowest BCUT2D eigenvalue weighted by molar-refractivity contribution is -0.171. The highest BCUT2D eigenvalue weighted by atomic mass is 35.5. The lowest BCUT2D eigenvalue weighted by Gasteiger charge is -2.28. The van der Waals surface area contributed by atoms with Crippen LogP contribution in [0, 0.1) is 0 Å². The van der Waals surface area contributed by atoms with Gasteiger partial charge >= 0.3 is 11.9 Å². The molecule has 0 radical (unpaired) electrons. The fourth-order valence-electron chi connectivity index (χ4n) is 1.47. The summed E-state index contributed by atoms with van der Waals surface area (Å²) in [7, 11) is 0. The maximum Gasteiger partial charge on any atom is 0.339 e. The molecule has 0 aliphatic carbocycles. The standard InChI is InChI=1S/C15H22N2O4.ClH/c1-14(2,3)21-13(19)15(17,10-16)12(18)20-9-11-7-5-4-6-8-11;/h4-8H,9-10,16-17H2,1-3H3;1H/t15-;/m0./s1. The third-order valence-electron chi connectivity index (χ3n) is 2.66. The molecule has 0 saturated carbocycles. The quantitative estimate of drug-likeness (QED) is 0.620. The molecule has 0 spiro atoms. The molecule has 0 amide bonds. The minimum Gasteiger partial charge on any atom is -0.459 e. The Bertz CT molecular complexity index is 502. The van der Waals surface area contributed by atoms with Crippen LogP contribution in [0.4, 0.5) is 0 Å². The van der Waals surface area contributed by atoms with Crippen LogP contribution in [0.5, 0.6) is 0 Å². The Morgan fingerprint density at radius 2 is 1.64 bits per heavy atom. The predicted octanol–water partition coefficient (Wildman–Crippen LogP) is 1.15. The molecule has 1 atom stereocenters. The highest BCUT2D eigenvalue weighted by molar-refractivity contribution is 6.05. The molecule has 0 aliphatic rings. The van der Waals surface area contributed by atoms with E-state index in [1.54, 1.807) is 32.9 Å².